The number of nitro groups is 1. The topological polar surface area (TPSA) is 65.3 Å². The maximum atomic E-state index is 10.9. The van der Waals surface area contributed by atoms with Crippen LogP contribution in [0.25, 0.3) is 0 Å². The van der Waals surface area contributed by atoms with E-state index in [9.17, 15) is 10.1 Å². The molecule has 1 aliphatic carbocycles. The van der Waals surface area contributed by atoms with Crippen LogP contribution in [-0.2, 0) is 0 Å². The molecule has 6 heteroatoms. The number of aromatic nitrogens is 1. The minimum Gasteiger partial charge on any atom is -0.472 e. The first-order chi connectivity index (χ1) is 9.16. The van der Waals surface area contributed by atoms with Gasteiger partial charge >= 0.3 is 5.69 Å². The first kappa shape index (κ1) is 14.1. The van der Waals surface area contributed by atoms with Crippen LogP contribution in [0.3, 0.4) is 0 Å². The lowest BCUT2D eigenvalue weighted by molar-refractivity contribution is -0.386. The van der Waals surface area contributed by atoms with Crippen LogP contribution in [0, 0.1) is 16.0 Å². The molecule has 0 N–H and O–H groups in total. The molecular weight excluding hydrogens is 268 g/mol. The highest BCUT2D eigenvalue weighted by atomic mass is 35.5. The molecule has 5 nitrogen and oxygen atoms in total. The summed E-state index contributed by atoms with van der Waals surface area (Å²) >= 11 is 5.76. The van der Waals surface area contributed by atoms with Gasteiger partial charge in [-0.2, -0.15) is 4.98 Å². The fourth-order valence-electron chi connectivity index (χ4n) is 2.38. The second kappa shape index (κ2) is 6.70. The van der Waals surface area contributed by atoms with Crippen LogP contribution in [-0.4, -0.2) is 16.5 Å². The second-order valence-corrected chi connectivity index (χ2v) is 5.27. The molecule has 1 saturated carbocycles. The minimum absolute atomic E-state index is 0.0294. The SMILES string of the molecule is O=[N+]([O-])c1ccc(Cl)nc1OCC1CCCCCC1. The van der Waals surface area contributed by atoms with E-state index in [4.69, 9.17) is 16.3 Å². The molecule has 19 heavy (non-hydrogen) atoms. The molecule has 0 radical (unpaired) electrons. The van der Waals surface area contributed by atoms with E-state index in [-0.39, 0.29) is 16.7 Å². The van der Waals surface area contributed by atoms with E-state index < -0.39 is 4.92 Å². The fraction of sp³-hybridized carbons (Fsp3) is 0.615. The highest BCUT2D eigenvalue weighted by molar-refractivity contribution is 6.29. The number of halogens is 1. The van der Waals surface area contributed by atoms with Crippen molar-refractivity contribution in [2.75, 3.05) is 6.61 Å². The largest absolute Gasteiger partial charge is 0.472 e. The van der Waals surface area contributed by atoms with Gasteiger partial charge in [-0.25, -0.2) is 0 Å². The maximum Gasteiger partial charge on any atom is 0.331 e. The van der Waals surface area contributed by atoms with Gasteiger partial charge in [-0.15, -0.1) is 0 Å². The molecule has 0 spiro atoms. The van der Waals surface area contributed by atoms with Gasteiger partial charge in [0.1, 0.15) is 5.15 Å². The van der Waals surface area contributed by atoms with Gasteiger partial charge < -0.3 is 4.74 Å². The second-order valence-electron chi connectivity index (χ2n) is 4.88. The van der Waals surface area contributed by atoms with Crippen LogP contribution < -0.4 is 4.74 Å². The Bertz CT molecular complexity index is 446. The average molecular weight is 285 g/mol. The van der Waals surface area contributed by atoms with Crippen LogP contribution in [0.5, 0.6) is 5.88 Å². The number of nitrogens with zero attached hydrogens (tertiary/aromatic N) is 2. The molecule has 1 aromatic heterocycles. The molecule has 104 valence electrons. The van der Waals surface area contributed by atoms with E-state index in [1.54, 1.807) is 0 Å². The molecular formula is C13H17ClN2O3. The Hall–Kier alpha value is -1.36. The van der Waals surface area contributed by atoms with Crippen LogP contribution >= 0.6 is 11.6 Å². The summed E-state index contributed by atoms with van der Waals surface area (Å²) in [6.45, 7) is 0.480. The van der Waals surface area contributed by atoms with Crippen molar-refractivity contribution >= 4 is 17.3 Å². The molecule has 0 bridgehead atoms. The van der Waals surface area contributed by atoms with Crippen molar-refractivity contribution in [3.63, 3.8) is 0 Å². The van der Waals surface area contributed by atoms with Crippen molar-refractivity contribution in [1.82, 2.24) is 4.98 Å². The van der Waals surface area contributed by atoms with E-state index >= 15 is 0 Å². The van der Waals surface area contributed by atoms with Gasteiger partial charge in [-0.1, -0.05) is 37.3 Å². The Morgan fingerprint density at radius 2 is 2.00 bits per heavy atom. The molecule has 2 rings (SSSR count). The quantitative estimate of drug-likeness (QED) is 0.363. The first-order valence-electron chi connectivity index (χ1n) is 6.60. The Kier molecular flexibility index (Phi) is 4.96. The normalized spacial score (nSPS) is 16.9. The van der Waals surface area contributed by atoms with Crippen LogP contribution in [0.1, 0.15) is 38.5 Å². The van der Waals surface area contributed by atoms with E-state index in [0.29, 0.717) is 12.5 Å². The summed E-state index contributed by atoms with van der Waals surface area (Å²) in [5.41, 5.74) is -0.127. The predicted molar refractivity (Wildman–Crippen MR) is 72.6 cm³/mol. The summed E-state index contributed by atoms with van der Waals surface area (Å²) in [6, 6.07) is 2.73. The zero-order valence-electron chi connectivity index (χ0n) is 10.7. The summed E-state index contributed by atoms with van der Waals surface area (Å²) < 4.78 is 5.54. The molecule has 1 aliphatic rings. The number of hydrogen-bond donors (Lipinski definition) is 0. The predicted octanol–water partition coefficient (Wildman–Crippen LogP) is 3.99. The van der Waals surface area contributed by atoms with Gasteiger partial charge in [0, 0.05) is 6.07 Å². The third-order valence-corrected chi connectivity index (χ3v) is 3.64. The fourth-order valence-corrected chi connectivity index (χ4v) is 2.52. The zero-order chi connectivity index (χ0) is 13.7. The molecule has 1 aromatic rings. The molecule has 0 atom stereocenters. The maximum absolute atomic E-state index is 10.9. The standard InChI is InChI=1S/C13H17ClN2O3/c14-12-8-7-11(16(17)18)13(15-12)19-9-10-5-3-1-2-4-6-10/h7-8,10H,1-6,9H2. The zero-order valence-corrected chi connectivity index (χ0v) is 11.4. The molecule has 0 unspecified atom stereocenters. The number of hydrogen-bond acceptors (Lipinski definition) is 4. The Balaban J connectivity index is 2.01. The average Bonchev–Trinajstić information content (AvgIpc) is 2.64. The van der Waals surface area contributed by atoms with Gasteiger partial charge in [0.15, 0.2) is 0 Å². The summed E-state index contributed by atoms with van der Waals surface area (Å²) in [5, 5.41) is 11.1. The Morgan fingerprint density at radius 3 is 2.63 bits per heavy atom. The van der Waals surface area contributed by atoms with Crippen molar-refractivity contribution in [3.05, 3.63) is 27.4 Å². The van der Waals surface area contributed by atoms with E-state index in [2.05, 4.69) is 4.98 Å². The van der Waals surface area contributed by atoms with Crippen LogP contribution in [0.15, 0.2) is 12.1 Å². The summed E-state index contributed by atoms with van der Waals surface area (Å²) in [6.07, 6.45) is 7.19. The lowest BCUT2D eigenvalue weighted by atomic mass is 10.0. The highest BCUT2D eigenvalue weighted by Gasteiger charge is 2.19. The molecule has 0 amide bonds. The number of ether oxygens (including phenoxy) is 1. The van der Waals surface area contributed by atoms with Crippen molar-refractivity contribution in [2.24, 2.45) is 5.92 Å². The van der Waals surface area contributed by atoms with E-state index in [1.165, 1.54) is 37.8 Å². The van der Waals surface area contributed by atoms with Crippen molar-refractivity contribution in [3.8, 4) is 5.88 Å². The van der Waals surface area contributed by atoms with Crippen molar-refractivity contribution in [1.29, 1.82) is 0 Å². The van der Waals surface area contributed by atoms with Gasteiger partial charge in [-0.05, 0) is 24.8 Å². The Morgan fingerprint density at radius 1 is 1.32 bits per heavy atom. The summed E-state index contributed by atoms with van der Waals surface area (Å²) in [5.74, 6) is 0.490. The van der Waals surface area contributed by atoms with Gasteiger partial charge in [0.2, 0.25) is 0 Å². The van der Waals surface area contributed by atoms with Gasteiger partial charge in [-0.3, -0.25) is 10.1 Å². The third-order valence-electron chi connectivity index (χ3n) is 3.43. The van der Waals surface area contributed by atoms with E-state index in [1.807, 2.05) is 0 Å². The Labute approximate surface area is 117 Å². The summed E-state index contributed by atoms with van der Waals surface area (Å²) in [7, 11) is 0. The highest BCUT2D eigenvalue weighted by Crippen LogP contribution is 2.28. The van der Waals surface area contributed by atoms with E-state index in [0.717, 1.165) is 12.8 Å². The third kappa shape index (κ3) is 4.06. The molecule has 0 saturated heterocycles. The lowest BCUT2D eigenvalue weighted by Gasteiger charge is -2.14. The molecule has 0 aromatic carbocycles. The number of rotatable bonds is 4. The number of pyridine rings is 1. The minimum atomic E-state index is -0.494. The van der Waals surface area contributed by atoms with Crippen molar-refractivity contribution in [2.45, 2.75) is 38.5 Å². The van der Waals surface area contributed by atoms with Crippen molar-refractivity contribution < 1.29 is 9.66 Å². The molecule has 1 fully saturated rings. The first-order valence-corrected chi connectivity index (χ1v) is 6.98. The van der Waals surface area contributed by atoms with Gasteiger partial charge in [0.05, 0.1) is 11.5 Å². The lowest BCUT2D eigenvalue weighted by Crippen LogP contribution is -2.12. The van der Waals surface area contributed by atoms with Crippen LogP contribution in [0.2, 0.25) is 5.15 Å². The molecule has 1 heterocycles. The smallest absolute Gasteiger partial charge is 0.331 e. The monoisotopic (exact) mass is 284 g/mol. The summed E-state index contributed by atoms with van der Waals surface area (Å²) in [4.78, 5) is 14.3. The van der Waals surface area contributed by atoms with Gasteiger partial charge in [0.25, 0.3) is 5.88 Å². The molecule has 0 aliphatic heterocycles. The van der Waals surface area contributed by atoms with Crippen LogP contribution in [0.4, 0.5) is 5.69 Å².